The van der Waals surface area contributed by atoms with Gasteiger partial charge >= 0.3 is 6.18 Å². The summed E-state index contributed by atoms with van der Waals surface area (Å²) in [6.45, 7) is 3.23. The van der Waals surface area contributed by atoms with Crippen LogP contribution in [0.1, 0.15) is 24.1 Å². The van der Waals surface area contributed by atoms with E-state index in [0.717, 1.165) is 11.6 Å². The largest absolute Gasteiger partial charge is 0.433 e. The van der Waals surface area contributed by atoms with Gasteiger partial charge in [0.1, 0.15) is 11.5 Å². The Kier molecular flexibility index (Phi) is 6.56. The summed E-state index contributed by atoms with van der Waals surface area (Å²) in [5.74, 6) is 0.144. The normalized spacial score (nSPS) is 21.3. The summed E-state index contributed by atoms with van der Waals surface area (Å²) in [5.41, 5.74) is 0.896. The van der Waals surface area contributed by atoms with Crippen LogP contribution in [-0.2, 0) is 15.7 Å². The van der Waals surface area contributed by atoms with Crippen LogP contribution in [0.25, 0.3) is 16.9 Å². The predicted octanol–water partition coefficient (Wildman–Crippen LogP) is 3.49. The van der Waals surface area contributed by atoms with Gasteiger partial charge in [0.25, 0.3) is 0 Å². The number of ether oxygens (including phenoxy) is 1. The Bertz CT molecular complexity index is 1290. The Hall–Kier alpha value is -2.89. The van der Waals surface area contributed by atoms with Crippen molar-refractivity contribution in [2.75, 3.05) is 31.2 Å². The number of halogens is 4. The number of carbonyl (C=O) groups excluding carboxylic acids is 1. The number of aliphatic hydroxyl groups is 1. The average molecular weight is 524 g/mol. The van der Waals surface area contributed by atoms with E-state index < -0.39 is 24.0 Å². The maximum Gasteiger partial charge on any atom is 0.433 e. The Labute approximate surface area is 210 Å². The van der Waals surface area contributed by atoms with Crippen LogP contribution in [0, 0.1) is 12.8 Å². The van der Waals surface area contributed by atoms with E-state index in [4.69, 9.17) is 21.3 Å². The molecule has 2 N–H and O–H groups in total. The standard InChI is InChI=1S/C24H25ClF3N5O3/c1-13-9-18-16(10-15(13)25)30-23(33(18)21-4-2-3-20(31-21)24(26,27)28)32-7-5-14(6-8-32)22(35)29-17-11-36-12-19(17)34/h2-4,9-10,14,17,19,34H,5-8,11-12H2,1H3,(H,29,35). The maximum atomic E-state index is 13.4. The second-order valence-corrected chi connectivity index (χ2v) is 9.60. The van der Waals surface area contributed by atoms with Gasteiger partial charge < -0.3 is 20.1 Å². The highest BCUT2D eigenvalue weighted by atomic mass is 35.5. The van der Waals surface area contributed by atoms with E-state index in [0.29, 0.717) is 47.9 Å². The van der Waals surface area contributed by atoms with Crippen molar-refractivity contribution in [3.63, 3.8) is 0 Å². The SMILES string of the molecule is Cc1cc2c(cc1Cl)nc(N1CCC(C(=O)NC3COCC3O)CC1)n2-c1cccc(C(F)(F)F)n1. The molecule has 0 bridgehead atoms. The van der Waals surface area contributed by atoms with Crippen LogP contribution < -0.4 is 10.2 Å². The first-order valence-corrected chi connectivity index (χ1v) is 12.0. The van der Waals surface area contributed by atoms with Crippen LogP contribution in [0.5, 0.6) is 0 Å². The molecule has 2 saturated heterocycles. The summed E-state index contributed by atoms with van der Waals surface area (Å²) in [5, 5.41) is 13.3. The third-order valence-corrected chi connectivity index (χ3v) is 7.11. The lowest BCUT2D eigenvalue weighted by Gasteiger charge is -2.33. The smallest absolute Gasteiger partial charge is 0.388 e. The zero-order valence-corrected chi connectivity index (χ0v) is 20.2. The van der Waals surface area contributed by atoms with Crippen molar-refractivity contribution < 1.29 is 27.8 Å². The van der Waals surface area contributed by atoms with E-state index in [1.807, 2.05) is 11.8 Å². The molecule has 2 atom stereocenters. The molecule has 2 aliphatic heterocycles. The molecular weight excluding hydrogens is 499 g/mol. The molecule has 8 nitrogen and oxygen atoms in total. The molecule has 0 radical (unpaired) electrons. The number of aryl methyl sites for hydroxylation is 1. The van der Waals surface area contributed by atoms with Crippen molar-refractivity contribution >= 4 is 34.5 Å². The zero-order chi connectivity index (χ0) is 25.6. The number of carbonyl (C=O) groups is 1. The number of nitrogens with one attached hydrogen (secondary N) is 1. The van der Waals surface area contributed by atoms with E-state index in [9.17, 15) is 23.1 Å². The fraction of sp³-hybridized carbons (Fsp3) is 0.458. The molecule has 0 saturated carbocycles. The van der Waals surface area contributed by atoms with Gasteiger partial charge in [-0.25, -0.2) is 9.97 Å². The Morgan fingerprint density at radius 3 is 2.61 bits per heavy atom. The van der Waals surface area contributed by atoms with Crippen LogP contribution in [0.2, 0.25) is 5.02 Å². The molecule has 0 aliphatic carbocycles. The van der Waals surface area contributed by atoms with Gasteiger partial charge in [-0.2, -0.15) is 13.2 Å². The number of rotatable bonds is 4. The Morgan fingerprint density at radius 1 is 1.19 bits per heavy atom. The number of pyridine rings is 1. The summed E-state index contributed by atoms with van der Waals surface area (Å²) in [6.07, 6.45) is -4.26. The van der Waals surface area contributed by atoms with Gasteiger partial charge in [-0.15, -0.1) is 0 Å². The molecule has 36 heavy (non-hydrogen) atoms. The summed E-state index contributed by atoms with van der Waals surface area (Å²) < 4.78 is 47.0. The van der Waals surface area contributed by atoms with Gasteiger partial charge in [0, 0.05) is 24.0 Å². The summed E-state index contributed by atoms with van der Waals surface area (Å²) in [7, 11) is 0. The first-order valence-electron chi connectivity index (χ1n) is 11.7. The van der Waals surface area contributed by atoms with Crippen molar-refractivity contribution in [3.05, 3.63) is 46.6 Å². The fourth-order valence-electron chi connectivity index (χ4n) is 4.66. The molecule has 1 amide bonds. The molecular formula is C24H25ClF3N5O3. The molecule has 3 aromatic rings. The fourth-order valence-corrected chi connectivity index (χ4v) is 4.81. The number of hydrogen-bond donors (Lipinski definition) is 2. The second kappa shape index (κ2) is 9.53. The topological polar surface area (TPSA) is 92.5 Å². The van der Waals surface area contributed by atoms with Crippen molar-refractivity contribution in [2.45, 2.75) is 38.1 Å². The lowest BCUT2D eigenvalue weighted by Crippen LogP contribution is -2.48. The minimum atomic E-state index is -4.59. The number of aliphatic hydroxyl groups excluding tert-OH is 1. The highest BCUT2D eigenvalue weighted by molar-refractivity contribution is 6.32. The van der Waals surface area contributed by atoms with E-state index >= 15 is 0 Å². The van der Waals surface area contributed by atoms with E-state index in [2.05, 4.69) is 10.3 Å². The van der Waals surface area contributed by atoms with Gasteiger partial charge in [0.15, 0.2) is 0 Å². The third kappa shape index (κ3) is 4.74. The molecule has 4 heterocycles. The van der Waals surface area contributed by atoms with Crippen LogP contribution in [0.15, 0.2) is 30.3 Å². The number of piperidine rings is 1. The molecule has 2 fully saturated rings. The molecule has 192 valence electrons. The van der Waals surface area contributed by atoms with Crippen LogP contribution >= 0.6 is 11.6 Å². The molecule has 2 aliphatic rings. The number of alkyl halides is 3. The number of amides is 1. The van der Waals surface area contributed by atoms with E-state index in [1.54, 1.807) is 16.7 Å². The lowest BCUT2D eigenvalue weighted by atomic mass is 9.95. The predicted molar refractivity (Wildman–Crippen MR) is 127 cm³/mol. The van der Waals surface area contributed by atoms with E-state index in [1.165, 1.54) is 12.1 Å². The van der Waals surface area contributed by atoms with Crippen molar-refractivity contribution in [2.24, 2.45) is 5.92 Å². The molecule has 2 unspecified atom stereocenters. The molecule has 1 aromatic carbocycles. The van der Waals surface area contributed by atoms with E-state index in [-0.39, 0.29) is 30.9 Å². The third-order valence-electron chi connectivity index (χ3n) is 6.70. The maximum absolute atomic E-state index is 13.4. The monoisotopic (exact) mass is 523 g/mol. The summed E-state index contributed by atoms with van der Waals surface area (Å²) in [6, 6.07) is 6.82. The van der Waals surface area contributed by atoms with Crippen LogP contribution in [-0.4, -0.2) is 64.0 Å². The Balaban J connectivity index is 1.44. The minimum Gasteiger partial charge on any atom is -0.388 e. The molecule has 0 spiro atoms. The highest BCUT2D eigenvalue weighted by Gasteiger charge is 2.35. The number of anilines is 1. The quantitative estimate of drug-likeness (QED) is 0.544. The van der Waals surface area contributed by atoms with Gasteiger partial charge in [0.05, 0.1) is 36.4 Å². The van der Waals surface area contributed by atoms with Gasteiger partial charge in [-0.05, 0) is 49.6 Å². The number of imidazole rings is 1. The Morgan fingerprint density at radius 2 is 1.94 bits per heavy atom. The molecule has 12 heteroatoms. The molecule has 5 rings (SSSR count). The first kappa shape index (κ1) is 24.8. The highest BCUT2D eigenvalue weighted by Crippen LogP contribution is 2.34. The second-order valence-electron chi connectivity index (χ2n) is 9.20. The molecule has 2 aromatic heterocycles. The average Bonchev–Trinajstić information content (AvgIpc) is 3.42. The number of hydrogen-bond acceptors (Lipinski definition) is 6. The zero-order valence-electron chi connectivity index (χ0n) is 19.4. The summed E-state index contributed by atoms with van der Waals surface area (Å²) in [4.78, 5) is 23.3. The van der Waals surface area contributed by atoms with Crippen LogP contribution in [0.4, 0.5) is 19.1 Å². The first-order chi connectivity index (χ1) is 17.1. The van der Waals surface area contributed by atoms with Crippen LogP contribution in [0.3, 0.4) is 0 Å². The number of aromatic nitrogens is 3. The van der Waals surface area contributed by atoms with Crippen molar-refractivity contribution in [3.8, 4) is 5.82 Å². The minimum absolute atomic E-state index is 0.0964. The number of benzene rings is 1. The van der Waals surface area contributed by atoms with Gasteiger partial charge in [-0.3, -0.25) is 9.36 Å². The number of nitrogens with zero attached hydrogens (tertiary/aromatic N) is 4. The summed E-state index contributed by atoms with van der Waals surface area (Å²) >= 11 is 6.30. The van der Waals surface area contributed by atoms with Crippen molar-refractivity contribution in [1.82, 2.24) is 19.9 Å². The van der Waals surface area contributed by atoms with Crippen molar-refractivity contribution in [1.29, 1.82) is 0 Å². The number of fused-ring (bicyclic) bond motifs is 1. The lowest BCUT2D eigenvalue weighted by molar-refractivity contribution is -0.141. The van der Waals surface area contributed by atoms with Gasteiger partial charge in [-0.1, -0.05) is 17.7 Å². The van der Waals surface area contributed by atoms with Gasteiger partial charge in [0.2, 0.25) is 11.9 Å².